The van der Waals surface area contributed by atoms with E-state index in [0.29, 0.717) is 0 Å². The normalized spacial score (nSPS) is 15.0. The molecule has 0 saturated heterocycles. The van der Waals surface area contributed by atoms with Gasteiger partial charge in [0.05, 0.1) is 6.10 Å². The molecule has 0 radical (unpaired) electrons. The molecule has 0 heterocycles. The predicted octanol–water partition coefficient (Wildman–Crippen LogP) is 5.25. The van der Waals surface area contributed by atoms with E-state index in [-0.39, 0.29) is 16.7 Å². The van der Waals surface area contributed by atoms with E-state index in [1.165, 1.54) is 0 Å². The van der Waals surface area contributed by atoms with Crippen LogP contribution in [-0.4, -0.2) is 20.0 Å². The molecule has 0 fully saturated rings. The van der Waals surface area contributed by atoms with E-state index in [1.54, 1.807) is 0 Å². The average molecular weight is 295 g/mol. The molecule has 0 bridgehead atoms. The lowest BCUT2D eigenvalue weighted by Gasteiger charge is -2.43. The van der Waals surface area contributed by atoms with Crippen LogP contribution >= 0.6 is 0 Å². The maximum Gasteiger partial charge on any atom is 0.192 e. The van der Waals surface area contributed by atoms with Crippen LogP contribution in [0.15, 0.2) is 30.3 Å². The molecule has 0 aliphatic rings. The number of hydrogen-bond acceptors (Lipinski definition) is 2. The van der Waals surface area contributed by atoms with Crippen molar-refractivity contribution in [1.29, 1.82) is 0 Å². The second kappa shape index (κ2) is 5.90. The molecule has 114 valence electrons. The summed E-state index contributed by atoms with van der Waals surface area (Å²) in [4.78, 5) is 0. The van der Waals surface area contributed by atoms with Crippen LogP contribution in [0.2, 0.25) is 18.1 Å². The zero-order valence-corrected chi connectivity index (χ0v) is 15.3. The third-order valence-corrected chi connectivity index (χ3v) is 8.94. The predicted molar refractivity (Wildman–Crippen MR) is 88.9 cm³/mol. The third-order valence-electron chi connectivity index (χ3n) is 4.38. The first-order valence-electron chi connectivity index (χ1n) is 7.37. The van der Waals surface area contributed by atoms with E-state index in [1.807, 2.05) is 30.3 Å². The summed E-state index contributed by atoms with van der Waals surface area (Å²) in [7, 11) is -1.77. The van der Waals surface area contributed by atoms with Gasteiger partial charge < -0.3 is 9.16 Å². The van der Waals surface area contributed by atoms with E-state index in [2.05, 4.69) is 54.6 Å². The van der Waals surface area contributed by atoms with Crippen molar-refractivity contribution in [1.82, 2.24) is 0 Å². The Bertz CT molecular complexity index is 418. The zero-order valence-electron chi connectivity index (χ0n) is 14.3. The molecule has 0 N–H and O–H groups in total. The molecule has 2 nitrogen and oxygen atoms in total. The van der Waals surface area contributed by atoms with Crippen molar-refractivity contribution < 1.29 is 9.16 Å². The van der Waals surface area contributed by atoms with Gasteiger partial charge in [-0.05, 0) is 51.0 Å². The standard InChI is InChI=1S/C17H30O2Si/c1-14(19-20(7,8)16(2,3)4)17(5,6)18-15-12-10-9-11-13-15/h9-14H,1-8H3. The van der Waals surface area contributed by atoms with Crippen molar-refractivity contribution in [2.75, 3.05) is 0 Å². The summed E-state index contributed by atoms with van der Waals surface area (Å²) in [5.41, 5.74) is -0.350. The summed E-state index contributed by atoms with van der Waals surface area (Å²) in [5, 5.41) is 0.212. The topological polar surface area (TPSA) is 18.5 Å². The van der Waals surface area contributed by atoms with Gasteiger partial charge in [-0.3, -0.25) is 0 Å². The third kappa shape index (κ3) is 4.35. The first kappa shape index (κ1) is 17.2. The van der Waals surface area contributed by atoms with Crippen LogP contribution in [0.1, 0.15) is 41.5 Å². The first-order chi connectivity index (χ1) is 8.96. The van der Waals surface area contributed by atoms with Gasteiger partial charge in [0.15, 0.2) is 8.32 Å². The van der Waals surface area contributed by atoms with E-state index in [0.717, 1.165) is 5.75 Å². The van der Waals surface area contributed by atoms with Crippen molar-refractivity contribution >= 4 is 8.32 Å². The Balaban J connectivity index is 2.77. The average Bonchev–Trinajstić information content (AvgIpc) is 2.27. The maximum absolute atomic E-state index is 6.45. The molecule has 1 unspecified atom stereocenters. The molecule has 1 aromatic carbocycles. The number of ether oxygens (including phenoxy) is 1. The molecule has 0 aliphatic heterocycles. The van der Waals surface area contributed by atoms with E-state index < -0.39 is 8.32 Å². The highest BCUT2D eigenvalue weighted by Crippen LogP contribution is 2.38. The van der Waals surface area contributed by atoms with Gasteiger partial charge in [0.2, 0.25) is 0 Å². The van der Waals surface area contributed by atoms with Gasteiger partial charge in [0, 0.05) is 0 Å². The first-order valence-corrected chi connectivity index (χ1v) is 10.3. The van der Waals surface area contributed by atoms with Crippen LogP contribution in [0.5, 0.6) is 5.75 Å². The monoisotopic (exact) mass is 294 g/mol. The van der Waals surface area contributed by atoms with Crippen LogP contribution in [0, 0.1) is 0 Å². The van der Waals surface area contributed by atoms with Crippen LogP contribution in [0.3, 0.4) is 0 Å². The van der Waals surface area contributed by atoms with Crippen molar-refractivity contribution in [3.8, 4) is 5.75 Å². The maximum atomic E-state index is 6.45. The molecule has 1 atom stereocenters. The van der Waals surface area contributed by atoms with Gasteiger partial charge in [-0.1, -0.05) is 39.0 Å². The molecular formula is C17H30O2Si. The Labute approximate surface area is 125 Å². The van der Waals surface area contributed by atoms with Crippen molar-refractivity contribution in [3.63, 3.8) is 0 Å². The van der Waals surface area contributed by atoms with Crippen molar-refractivity contribution in [2.24, 2.45) is 0 Å². The summed E-state index contributed by atoms with van der Waals surface area (Å²) in [5.74, 6) is 0.892. The second-order valence-corrected chi connectivity index (χ2v) is 12.3. The summed E-state index contributed by atoms with van der Waals surface area (Å²) in [6, 6.07) is 9.95. The van der Waals surface area contributed by atoms with Crippen LogP contribution < -0.4 is 4.74 Å². The fourth-order valence-electron chi connectivity index (χ4n) is 1.64. The Kier molecular flexibility index (Phi) is 5.09. The molecule has 1 aromatic rings. The molecule has 0 amide bonds. The molecule has 0 saturated carbocycles. The lowest BCUT2D eigenvalue weighted by molar-refractivity contribution is -0.0104. The number of benzene rings is 1. The summed E-state index contributed by atoms with van der Waals surface area (Å²) >= 11 is 0. The molecule has 1 rings (SSSR count). The fourth-order valence-corrected chi connectivity index (χ4v) is 3.16. The Morgan fingerprint density at radius 1 is 0.950 bits per heavy atom. The van der Waals surface area contributed by atoms with Gasteiger partial charge in [-0.15, -0.1) is 0 Å². The Morgan fingerprint density at radius 2 is 1.45 bits per heavy atom. The van der Waals surface area contributed by atoms with Gasteiger partial charge >= 0.3 is 0 Å². The van der Waals surface area contributed by atoms with Gasteiger partial charge in [-0.2, -0.15) is 0 Å². The van der Waals surface area contributed by atoms with Gasteiger partial charge in [0.1, 0.15) is 11.4 Å². The van der Waals surface area contributed by atoms with Gasteiger partial charge in [-0.25, -0.2) is 0 Å². The number of hydrogen-bond donors (Lipinski definition) is 0. The largest absolute Gasteiger partial charge is 0.485 e. The Morgan fingerprint density at radius 3 is 1.90 bits per heavy atom. The second-order valence-electron chi connectivity index (χ2n) is 7.54. The molecule has 0 spiro atoms. The highest BCUT2D eigenvalue weighted by molar-refractivity contribution is 6.74. The van der Waals surface area contributed by atoms with Crippen LogP contribution in [0.4, 0.5) is 0 Å². The highest BCUT2D eigenvalue weighted by Gasteiger charge is 2.42. The van der Waals surface area contributed by atoms with Crippen molar-refractivity contribution in [2.45, 2.75) is 71.4 Å². The highest BCUT2D eigenvalue weighted by atomic mass is 28.4. The van der Waals surface area contributed by atoms with E-state index in [9.17, 15) is 0 Å². The quantitative estimate of drug-likeness (QED) is 0.690. The van der Waals surface area contributed by atoms with Crippen molar-refractivity contribution in [3.05, 3.63) is 30.3 Å². The van der Waals surface area contributed by atoms with Gasteiger partial charge in [0.25, 0.3) is 0 Å². The molecule has 3 heteroatoms. The summed E-state index contributed by atoms with van der Waals surface area (Å²) < 4.78 is 12.6. The molecule has 20 heavy (non-hydrogen) atoms. The number of para-hydroxylation sites is 1. The SMILES string of the molecule is CC(O[Si](C)(C)C(C)(C)C)C(C)(C)Oc1ccccc1. The fraction of sp³-hybridized carbons (Fsp3) is 0.647. The molecule has 0 aliphatic carbocycles. The lowest BCUT2D eigenvalue weighted by Crippen LogP contribution is -2.51. The molecular weight excluding hydrogens is 264 g/mol. The Hall–Kier alpha value is -0.803. The number of rotatable bonds is 5. The smallest absolute Gasteiger partial charge is 0.192 e. The van der Waals surface area contributed by atoms with Crippen LogP contribution in [-0.2, 0) is 4.43 Å². The minimum absolute atomic E-state index is 0.0450. The minimum atomic E-state index is -1.77. The zero-order chi connectivity index (χ0) is 15.6. The lowest BCUT2D eigenvalue weighted by atomic mass is 10.0. The molecule has 0 aromatic heterocycles. The van der Waals surface area contributed by atoms with E-state index >= 15 is 0 Å². The van der Waals surface area contributed by atoms with E-state index in [4.69, 9.17) is 9.16 Å². The summed E-state index contributed by atoms with van der Waals surface area (Å²) in [6.07, 6.45) is 0.0450. The minimum Gasteiger partial charge on any atom is -0.485 e. The van der Waals surface area contributed by atoms with Crippen LogP contribution in [0.25, 0.3) is 0 Å². The summed E-state index contributed by atoms with van der Waals surface area (Å²) in [6.45, 7) is 17.6.